The quantitative estimate of drug-likeness (QED) is 0.273. The number of hydrogen-bond donors (Lipinski definition) is 0. The number of fused-ring (bicyclic) bond motifs is 3. The van der Waals surface area contributed by atoms with Crippen molar-refractivity contribution in [2.45, 2.75) is 6.42 Å². The maximum absolute atomic E-state index is 3.30. The van der Waals surface area contributed by atoms with E-state index in [9.17, 15) is 0 Å². The van der Waals surface area contributed by atoms with E-state index in [0.29, 0.717) is 0 Å². The zero-order chi connectivity index (χ0) is 8.67. The third kappa shape index (κ3) is 2.58. The van der Waals surface area contributed by atoms with Gasteiger partial charge in [0.25, 0.3) is 0 Å². The van der Waals surface area contributed by atoms with Gasteiger partial charge in [0, 0.05) is 25.8 Å². The molecule has 0 N–H and O–H groups in total. The first-order chi connectivity index (χ1) is 6.45. The summed E-state index contributed by atoms with van der Waals surface area (Å²) in [5.74, 6) is 0. The summed E-state index contributed by atoms with van der Waals surface area (Å²) in [7, 11) is 0. The first-order valence-electron chi connectivity index (χ1n) is 4.53. The molecule has 2 aromatic carbocycles. The molecule has 82 valence electrons. The van der Waals surface area contributed by atoms with Crippen molar-refractivity contribution in [3.05, 3.63) is 59.7 Å². The predicted molar refractivity (Wildman–Crippen MR) is 53.5 cm³/mol. The maximum Gasteiger partial charge on any atom is 0 e. The SMILES string of the molecule is [Cl-].[Cl-].[Hf].[c-]1cccc2c1Cc1ccccc1-2. The monoisotopic (exact) mass is 415 g/mol. The van der Waals surface area contributed by atoms with Gasteiger partial charge in [-0.1, -0.05) is 35.4 Å². The molecule has 0 saturated heterocycles. The Hall–Kier alpha value is -0.110. The van der Waals surface area contributed by atoms with Crippen LogP contribution in [0.2, 0.25) is 0 Å². The fourth-order valence-electron chi connectivity index (χ4n) is 2.00. The molecule has 0 saturated carbocycles. The third-order valence-corrected chi connectivity index (χ3v) is 2.62. The van der Waals surface area contributed by atoms with Crippen molar-refractivity contribution < 1.29 is 50.7 Å². The van der Waals surface area contributed by atoms with Crippen LogP contribution in [0.4, 0.5) is 0 Å². The van der Waals surface area contributed by atoms with Gasteiger partial charge in [-0.2, -0.15) is 29.8 Å². The Balaban J connectivity index is 0.000000750. The molecular weight excluding hydrogens is 406 g/mol. The minimum atomic E-state index is 0. The summed E-state index contributed by atoms with van der Waals surface area (Å²) in [5.41, 5.74) is 5.51. The van der Waals surface area contributed by atoms with Crippen molar-refractivity contribution in [3.8, 4) is 11.1 Å². The third-order valence-electron chi connectivity index (χ3n) is 2.62. The van der Waals surface area contributed by atoms with Crippen molar-refractivity contribution in [1.82, 2.24) is 0 Å². The molecule has 3 rings (SSSR count). The molecule has 2 aromatic rings. The summed E-state index contributed by atoms with van der Waals surface area (Å²) in [4.78, 5) is 0. The molecule has 0 bridgehead atoms. The van der Waals surface area contributed by atoms with Crippen molar-refractivity contribution in [2.75, 3.05) is 0 Å². The number of hydrogen-bond acceptors (Lipinski definition) is 0. The van der Waals surface area contributed by atoms with E-state index in [1.54, 1.807) is 0 Å². The van der Waals surface area contributed by atoms with E-state index >= 15 is 0 Å². The molecule has 0 aromatic heterocycles. The Labute approximate surface area is 127 Å². The van der Waals surface area contributed by atoms with Crippen LogP contribution < -0.4 is 24.8 Å². The van der Waals surface area contributed by atoms with Gasteiger partial charge in [-0.05, 0) is 6.42 Å². The van der Waals surface area contributed by atoms with Crippen LogP contribution in [0.3, 0.4) is 0 Å². The second-order valence-electron chi connectivity index (χ2n) is 3.40. The molecule has 1 aliphatic rings. The maximum atomic E-state index is 3.30. The van der Waals surface area contributed by atoms with E-state index in [1.165, 1.54) is 22.3 Å². The zero-order valence-corrected chi connectivity index (χ0v) is 13.6. The number of benzene rings is 2. The van der Waals surface area contributed by atoms with Crippen molar-refractivity contribution in [2.24, 2.45) is 0 Å². The summed E-state index contributed by atoms with van der Waals surface area (Å²) >= 11 is 0. The van der Waals surface area contributed by atoms with Gasteiger partial charge < -0.3 is 24.8 Å². The van der Waals surface area contributed by atoms with E-state index < -0.39 is 0 Å². The van der Waals surface area contributed by atoms with Crippen LogP contribution in [0.15, 0.2) is 42.5 Å². The normalized spacial score (nSPS) is 10.0. The molecule has 0 aliphatic heterocycles. The van der Waals surface area contributed by atoms with Crippen molar-refractivity contribution in [3.63, 3.8) is 0 Å². The van der Waals surface area contributed by atoms with Crippen LogP contribution >= 0.6 is 0 Å². The van der Waals surface area contributed by atoms with Crippen LogP contribution in [0.25, 0.3) is 11.1 Å². The molecule has 0 nitrogen and oxygen atoms in total. The Bertz CT molecular complexity index is 425. The van der Waals surface area contributed by atoms with Gasteiger partial charge in [0.15, 0.2) is 0 Å². The molecular formula is C13H9Cl2Hf-3. The number of rotatable bonds is 0. The van der Waals surface area contributed by atoms with Gasteiger partial charge in [-0.25, -0.2) is 0 Å². The van der Waals surface area contributed by atoms with Crippen molar-refractivity contribution >= 4 is 0 Å². The van der Waals surface area contributed by atoms with Crippen LogP contribution in [0.5, 0.6) is 0 Å². The Morgan fingerprint density at radius 3 is 2.38 bits per heavy atom. The molecule has 1 aliphatic carbocycles. The molecule has 0 unspecified atom stereocenters. The van der Waals surface area contributed by atoms with Crippen molar-refractivity contribution in [1.29, 1.82) is 0 Å². The first kappa shape index (κ1) is 15.9. The Kier molecular flexibility index (Phi) is 6.54. The molecule has 0 fully saturated rings. The Morgan fingerprint density at radius 2 is 1.56 bits per heavy atom. The van der Waals surface area contributed by atoms with Gasteiger partial charge in [0.2, 0.25) is 0 Å². The largest absolute Gasteiger partial charge is 1.00 e. The smallest absolute Gasteiger partial charge is 0 e. The molecule has 0 spiro atoms. The van der Waals surface area contributed by atoms with Gasteiger partial charge in [0.1, 0.15) is 0 Å². The second-order valence-corrected chi connectivity index (χ2v) is 3.40. The van der Waals surface area contributed by atoms with Crippen LogP contribution in [-0.2, 0) is 32.3 Å². The molecule has 0 radical (unpaired) electrons. The average Bonchev–Trinajstić information content (AvgIpc) is 2.56. The summed E-state index contributed by atoms with van der Waals surface area (Å²) in [6, 6.07) is 18.1. The summed E-state index contributed by atoms with van der Waals surface area (Å²) in [6.45, 7) is 0. The molecule has 16 heavy (non-hydrogen) atoms. The van der Waals surface area contributed by atoms with Gasteiger partial charge >= 0.3 is 0 Å². The van der Waals surface area contributed by atoms with Crippen LogP contribution in [0, 0.1) is 6.07 Å². The van der Waals surface area contributed by atoms with E-state index in [1.807, 2.05) is 6.07 Å². The molecule has 0 amide bonds. The number of halogens is 2. The van der Waals surface area contributed by atoms with Crippen LogP contribution in [-0.4, -0.2) is 0 Å². The predicted octanol–water partition coefficient (Wildman–Crippen LogP) is -2.94. The summed E-state index contributed by atoms with van der Waals surface area (Å²) < 4.78 is 0. The topological polar surface area (TPSA) is 0 Å². The van der Waals surface area contributed by atoms with Crippen LogP contribution in [0.1, 0.15) is 11.1 Å². The minimum Gasteiger partial charge on any atom is -1.00 e. The fourth-order valence-corrected chi connectivity index (χ4v) is 2.00. The summed E-state index contributed by atoms with van der Waals surface area (Å²) in [6.07, 6.45) is 1.05. The molecule has 3 heteroatoms. The van der Waals surface area contributed by atoms with E-state index in [2.05, 4.69) is 42.5 Å². The fraction of sp³-hybridized carbons (Fsp3) is 0.0769. The van der Waals surface area contributed by atoms with E-state index in [4.69, 9.17) is 0 Å². The molecule has 0 atom stereocenters. The Morgan fingerprint density at radius 1 is 0.875 bits per heavy atom. The second kappa shape index (κ2) is 6.58. The zero-order valence-electron chi connectivity index (χ0n) is 8.50. The van der Waals surface area contributed by atoms with E-state index in [0.717, 1.165) is 6.42 Å². The van der Waals surface area contributed by atoms with Gasteiger partial charge in [-0.15, -0.1) is 5.56 Å². The van der Waals surface area contributed by atoms with Gasteiger partial charge in [-0.3, -0.25) is 0 Å². The minimum absolute atomic E-state index is 0. The van der Waals surface area contributed by atoms with Gasteiger partial charge in [0.05, 0.1) is 0 Å². The molecule has 0 heterocycles. The standard InChI is InChI=1S/C13H9.2ClH.Hf/c1-3-7-12-10(5-1)9-11-6-2-4-8-13(11)12;;;/h1-5,7-8H,9H2;2*1H;/q-1;;;/p-2. The average molecular weight is 415 g/mol. The summed E-state index contributed by atoms with van der Waals surface area (Å²) in [5, 5.41) is 0. The van der Waals surface area contributed by atoms with E-state index in [-0.39, 0.29) is 50.7 Å². The first-order valence-corrected chi connectivity index (χ1v) is 4.53.